The van der Waals surface area contributed by atoms with Crippen molar-refractivity contribution in [3.05, 3.63) is 75.0 Å². The van der Waals surface area contributed by atoms with E-state index in [1.54, 1.807) is 11.6 Å². The van der Waals surface area contributed by atoms with Gasteiger partial charge < -0.3 is 5.73 Å². The maximum absolute atomic E-state index is 12.5. The lowest BCUT2D eigenvalue weighted by molar-refractivity contribution is 0.824. The first-order valence-corrected chi connectivity index (χ1v) is 7.58. The van der Waals surface area contributed by atoms with Gasteiger partial charge >= 0.3 is 0 Å². The molecule has 1 aromatic heterocycles. The van der Waals surface area contributed by atoms with Crippen LogP contribution >= 0.6 is 15.9 Å². The van der Waals surface area contributed by atoms with Gasteiger partial charge in [-0.15, -0.1) is 0 Å². The van der Waals surface area contributed by atoms with E-state index in [-0.39, 0.29) is 5.43 Å². The van der Waals surface area contributed by atoms with E-state index in [0.717, 1.165) is 15.7 Å². The Morgan fingerprint density at radius 3 is 2.32 bits per heavy atom. The second-order valence-electron chi connectivity index (χ2n) is 4.93. The fourth-order valence-corrected chi connectivity index (χ4v) is 2.58. The van der Waals surface area contributed by atoms with Gasteiger partial charge in [-0.25, -0.2) is 4.68 Å². The van der Waals surface area contributed by atoms with Crippen LogP contribution in [0.2, 0.25) is 0 Å². The molecule has 0 atom stereocenters. The first-order chi connectivity index (χ1) is 10.6. The van der Waals surface area contributed by atoms with Crippen molar-refractivity contribution in [1.29, 1.82) is 0 Å². The summed E-state index contributed by atoms with van der Waals surface area (Å²) in [5, 5.41) is 4.32. The smallest absolute Gasteiger partial charge is 0.213 e. The molecule has 2 N–H and O–H groups in total. The number of aryl methyl sites for hydroxylation is 1. The second kappa shape index (κ2) is 5.77. The van der Waals surface area contributed by atoms with Crippen LogP contribution in [0.1, 0.15) is 5.69 Å². The Balaban J connectivity index is 2.28. The molecular formula is C17H14BrN3O. The summed E-state index contributed by atoms with van der Waals surface area (Å²) < 4.78 is 2.57. The fourth-order valence-electron chi connectivity index (χ4n) is 2.32. The van der Waals surface area contributed by atoms with E-state index in [4.69, 9.17) is 5.73 Å². The molecule has 0 aliphatic heterocycles. The van der Waals surface area contributed by atoms with Crippen LogP contribution < -0.4 is 11.2 Å². The van der Waals surface area contributed by atoms with E-state index in [1.165, 1.54) is 0 Å². The van der Waals surface area contributed by atoms with Crippen molar-refractivity contribution in [3.63, 3.8) is 0 Å². The third-order valence-electron chi connectivity index (χ3n) is 3.42. The number of rotatable bonds is 2. The summed E-state index contributed by atoms with van der Waals surface area (Å²) in [4.78, 5) is 12.5. The topological polar surface area (TPSA) is 60.9 Å². The Hall–Kier alpha value is -2.40. The van der Waals surface area contributed by atoms with Crippen LogP contribution in [0.4, 0.5) is 5.82 Å². The number of hydrogen-bond donors (Lipinski definition) is 1. The number of halogens is 1. The standard InChI is InChI=1S/C17H14BrN3O/c1-11-16(22)15(12-5-3-2-4-6-12)17(19)21(20-11)14-9-7-13(18)8-10-14/h2-10H,19H2,1H3. The van der Waals surface area contributed by atoms with Crippen LogP contribution in [-0.2, 0) is 0 Å². The highest BCUT2D eigenvalue weighted by Gasteiger charge is 2.15. The van der Waals surface area contributed by atoms with Crippen LogP contribution in [0.3, 0.4) is 0 Å². The first kappa shape index (κ1) is 14.5. The molecular weight excluding hydrogens is 342 g/mol. The molecule has 22 heavy (non-hydrogen) atoms. The number of aromatic nitrogens is 2. The first-order valence-electron chi connectivity index (χ1n) is 6.78. The molecule has 0 amide bonds. The number of nitrogens with zero attached hydrogens (tertiary/aromatic N) is 2. The van der Waals surface area contributed by atoms with Crippen LogP contribution in [0.25, 0.3) is 16.8 Å². The van der Waals surface area contributed by atoms with E-state index >= 15 is 0 Å². The Labute approximate surface area is 136 Å². The molecule has 4 nitrogen and oxygen atoms in total. The van der Waals surface area contributed by atoms with Gasteiger partial charge in [0.15, 0.2) is 0 Å². The SMILES string of the molecule is Cc1nn(-c2ccc(Br)cc2)c(N)c(-c2ccccc2)c1=O. The predicted molar refractivity (Wildman–Crippen MR) is 92.1 cm³/mol. The van der Waals surface area contributed by atoms with Crippen molar-refractivity contribution in [3.8, 4) is 16.8 Å². The van der Waals surface area contributed by atoms with Gasteiger partial charge in [0.05, 0.1) is 11.3 Å². The van der Waals surface area contributed by atoms with Crippen molar-refractivity contribution >= 4 is 21.7 Å². The monoisotopic (exact) mass is 355 g/mol. The maximum atomic E-state index is 12.5. The van der Waals surface area contributed by atoms with E-state index in [0.29, 0.717) is 17.1 Å². The molecule has 0 aliphatic carbocycles. The minimum Gasteiger partial charge on any atom is -0.383 e. The highest BCUT2D eigenvalue weighted by Crippen LogP contribution is 2.24. The minimum atomic E-state index is -0.142. The van der Waals surface area contributed by atoms with Crippen molar-refractivity contribution in [2.24, 2.45) is 0 Å². The molecule has 0 aliphatic rings. The molecule has 0 fully saturated rings. The Kier molecular flexibility index (Phi) is 3.81. The average molecular weight is 356 g/mol. The van der Waals surface area contributed by atoms with E-state index < -0.39 is 0 Å². The van der Waals surface area contributed by atoms with Gasteiger partial charge in [-0.05, 0) is 36.8 Å². The normalized spacial score (nSPS) is 10.6. The van der Waals surface area contributed by atoms with Crippen molar-refractivity contribution in [2.45, 2.75) is 6.92 Å². The Morgan fingerprint density at radius 2 is 1.68 bits per heavy atom. The highest BCUT2D eigenvalue weighted by molar-refractivity contribution is 9.10. The molecule has 110 valence electrons. The predicted octanol–water partition coefficient (Wildman–Crippen LogP) is 3.55. The molecule has 0 saturated carbocycles. The lowest BCUT2D eigenvalue weighted by Gasteiger charge is -2.14. The fraction of sp³-hybridized carbons (Fsp3) is 0.0588. The molecule has 0 radical (unpaired) electrons. The van der Waals surface area contributed by atoms with Crippen LogP contribution in [0, 0.1) is 6.92 Å². The molecule has 5 heteroatoms. The summed E-state index contributed by atoms with van der Waals surface area (Å²) in [6, 6.07) is 17.0. The quantitative estimate of drug-likeness (QED) is 0.764. The molecule has 3 rings (SSSR count). The summed E-state index contributed by atoms with van der Waals surface area (Å²) in [5.41, 5.74) is 8.60. The summed E-state index contributed by atoms with van der Waals surface area (Å²) in [7, 11) is 0. The van der Waals surface area contributed by atoms with Gasteiger partial charge in [-0.1, -0.05) is 46.3 Å². The van der Waals surface area contributed by atoms with E-state index in [9.17, 15) is 4.79 Å². The van der Waals surface area contributed by atoms with Gasteiger partial charge in [-0.2, -0.15) is 5.10 Å². The lowest BCUT2D eigenvalue weighted by atomic mass is 10.1. The number of hydrogen-bond acceptors (Lipinski definition) is 3. The highest BCUT2D eigenvalue weighted by atomic mass is 79.9. The average Bonchev–Trinajstić information content (AvgIpc) is 2.53. The van der Waals surface area contributed by atoms with Gasteiger partial charge in [0, 0.05) is 4.47 Å². The zero-order valence-electron chi connectivity index (χ0n) is 12.0. The zero-order valence-corrected chi connectivity index (χ0v) is 13.5. The van der Waals surface area contributed by atoms with Crippen molar-refractivity contribution < 1.29 is 0 Å². The van der Waals surface area contributed by atoms with E-state index in [1.807, 2.05) is 54.6 Å². The molecule has 0 unspecified atom stereocenters. The molecule has 0 spiro atoms. The van der Waals surface area contributed by atoms with Crippen molar-refractivity contribution in [2.75, 3.05) is 5.73 Å². The summed E-state index contributed by atoms with van der Waals surface area (Å²) in [5.74, 6) is 0.337. The third-order valence-corrected chi connectivity index (χ3v) is 3.95. The minimum absolute atomic E-state index is 0.142. The van der Waals surface area contributed by atoms with Crippen molar-refractivity contribution in [1.82, 2.24) is 9.78 Å². The van der Waals surface area contributed by atoms with Crippen LogP contribution in [0.5, 0.6) is 0 Å². The summed E-state index contributed by atoms with van der Waals surface area (Å²) in [6.45, 7) is 1.70. The zero-order chi connectivity index (χ0) is 15.7. The Bertz CT molecular complexity index is 871. The van der Waals surface area contributed by atoms with E-state index in [2.05, 4.69) is 21.0 Å². The van der Waals surface area contributed by atoms with Gasteiger partial charge in [-0.3, -0.25) is 4.79 Å². The number of anilines is 1. The molecule has 0 bridgehead atoms. The summed E-state index contributed by atoms with van der Waals surface area (Å²) in [6.07, 6.45) is 0. The summed E-state index contributed by atoms with van der Waals surface area (Å²) >= 11 is 3.40. The Morgan fingerprint density at radius 1 is 1.05 bits per heavy atom. The lowest BCUT2D eigenvalue weighted by Crippen LogP contribution is -2.21. The largest absolute Gasteiger partial charge is 0.383 e. The van der Waals surface area contributed by atoms with Gasteiger partial charge in [0.25, 0.3) is 0 Å². The maximum Gasteiger partial charge on any atom is 0.213 e. The van der Waals surface area contributed by atoms with Gasteiger partial charge in [0.1, 0.15) is 11.5 Å². The number of nitrogens with two attached hydrogens (primary N) is 1. The number of benzene rings is 2. The van der Waals surface area contributed by atoms with Gasteiger partial charge in [0.2, 0.25) is 5.43 Å². The second-order valence-corrected chi connectivity index (χ2v) is 5.84. The number of nitrogen functional groups attached to an aromatic ring is 1. The van der Waals surface area contributed by atoms with Crippen LogP contribution in [0.15, 0.2) is 63.9 Å². The van der Waals surface area contributed by atoms with Crippen LogP contribution in [-0.4, -0.2) is 9.78 Å². The molecule has 2 aromatic carbocycles. The third kappa shape index (κ3) is 2.55. The molecule has 1 heterocycles. The molecule has 3 aromatic rings. The molecule has 0 saturated heterocycles.